The smallest absolute Gasteiger partial charge is 0.0374 e. The van der Waals surface area contributed by atoms with Gasteiger partial charge in [0.1, 0.15) is 0 Å². The van der Waals surface area contributed by atoms with Crippen LogP contribution >= 0.6 is 0 Å². The van der Waals surface area contributed by atoms with Gasteiger partial charge in [0, 0.05) is 23.8 Å². The average Bonchev–Trinajstić information content (AvgIpc) is 2.58. The van der Waals surface area contributed by atoms with Gasteiger partial charge in [-0.1, -0.05) is 12.1 Å². The molecule has 2 atom stereocenters. The van der Waals surface area contributed by atoms with Crippen molar-refractivity contribution in [2.75, 3.05) is 12.4 Å². The van der Waals surface area contributed by atoms with Crippen LogP contribution in [0.4, 0.5) is 5.69 Å². The third kappa shape index (κ3) is 2.14. The Hall–Kier alpha value is -1.02. The summed E-state index contributed by atoms with van der Waals surface area (Å²) in [6.07, 6.45) is 5.40. The first-order valence-corrected chi connectivity index (χ1v) is 7.19. The molecule has 0 amide bonds. The molecule has 2 unspecified atom stereocenters. The molecule has 0 aromatic heterocycles. The number of anilines is 1. The van der Waals surface area contributed by atoms with Crippen LogP contribution in [0.15, 0.2) is 18.2 Å². The van der Waals surface area contributed by atoms with Gasteiger partial charge in [0.2, 0.25) is 0 Å². The van der Waals surface area contributed by atoms with Gasteiger partial charge in [-0.2, -0.15) is 0 Å². The number of fused-ring (bicyclic) bond motifs is 2. The molecule has 1 aromatic carbocycles. The first-order valence-electron chi connectivity index (χ1n) is 7.19. The van der Waals surface area contributed by atoms with Gasteiger partial charge < -0.3 is 10.2 Å². The van der Waals surface area contributed by atoms with Crippen LogP contribution in [0.25, 0.3) is 0 Å². The van der Waals surface area contributed by atoms with E-state index in [0.29, 0.717) is 6.04 Å². The van der Waals surface area contributed by atoms with Crippen LogP contribution in [0.1, 0.15) is 36.8 Å². The van der Waals surface area contributed by atoms with Gasteiger partial charge in [-0.25, -0.2) is 0 Å². The lowest BCUT2D eigenvalue weighted by Crippen LogP contribution is -2.44. The van der Waals surface area contributed by atoms with Crippen LogP contribution in [0.2, 0.25) is 0 Å². The molecule has 2 saturated heterocycles. The maximum Gasteiger partial charge on any atom is 0.0374 e. The van der Waals surface area contributed by atoms with Crippen molar-refractivity contribution in [3.63, 3.8) is 0 Å². The minimum Gasteiger partial charge on any atom is -0.382 e. The number of benzene rings is 1. The van der Waals surface area contributed by atoms with Gasteiger partial charge >= 0.3 is 0 Å². The minimum absolute atomic E-state index is 0.666. The van der Waals surface area contributed by atoms with E-state index < -0.39 is 0 Å². The molecule has 2 nitrogen and oxygen atoms in total. The maximum atomic E-state index is 3.78. The van der Waals surface area contributed by atoms with E-state index in [0.717, 1.165) is 12.1 Å². The van der Waals surface area contributed by atoms with Crippen LogP contribution in [0, 0.1) is 13.8 Å². The summed E-state index contributed by atoms with van der Waals surface area (Å²) in [6.45, 7) is 4.37. The molecule has 3 rings (SSSR count). The predicted molar refractivity (Wildman–Crippen MR) is 77.1 cm³/mol. The van der Waals surface area contributed by atoms with Gasteiger partial charge in [-0.05, 0) is 63.8 Å². The summed E-state index contributed by atoms with van der Waals surface area (Å²) in [5, 5.41) is 3.78. The Kier molecular flexibility index (Phi) is 3.06. The van der Waals surface area contributed by atoms with Crippen molar-refractivity contribution in [3.05, 3.63) is 29.3 Å². The number of nitrogens with one attached hydrogen (secondary N) is 1. The quantitative estimate of drug-likeness (QED) is 0.858. The largest absolute Gasteiger partial charge is 0.382 e. The van der Waals surface area contributed by atoms with Crippen LogP contribution in [-0.4, -0.2) is 30.1 Å². The van der Waals surface area contributed by atoms with Crippen LogP contribution in [0.3, 0.4) is 0 Å². The summed E-state index contributed by atoms with van der Waals surface area (Å²) in [5.74, 6) is 0. The molecule has 2 aliphatic rings. The van der Waals surface area contributed by atoms with Crippen molar-refractivity contribution in [2.24, 2.45) is 0 Å². The number of nitrogens with zero attached hydrogens (tertiary/aromatic N) is 1. The standard InChI is InChI=1S/C16H24N2/c1-11-4-5-12(2)16(8-11)17-13-9-14-6-7-15(10-13)18(14)3/h4-5,8,13-15,17H,6-7,9-10H2,1-3H3. The van der Waals surface area contributed by atoms with Crippen molar-refractivity contribution >= 4 is 5.69 Å². The fourth-order valence-corrected chi connectivity index (χ4v) is 3.64. The van der Waals surface area contributed by atoms with E-state index in [4.69, 9.17) is 0 Å². The van der Waals surface area contributed by atoms with E-state index in [9.17, 15) is 0 Å². The molecule has 98 valence electrons. The zero-order valence-electron chi connectivity index (χ0n) is 11.7. The van der Waals surface area contributed by atoms with E-state index >= 15 is 0 Å². The zero-order chi connectivity index (χ0) is 12.7. The highest BCUT2D eigenvalue weighted by Gasteiger charge is 2.38. The van der Waals surface area contributed by atoms with Crippen molar-refractivity contribution in [1.82, 2.24) is 4.90 Å². The highest BCUT2D eigenvalue weighted by Crippen LogP contribution is 2.35. The third-order valence-electron chi connectivity index (χ3n) is 4.85. The maximum absolute atomic E-state index is 3.78. The van der Waals surface area contributed by atoms with Crippen molar-refractivity contribution in [3.8, 4) is 0 Å². The molecular weight excluding hydrogens is 220 g/mol. The molecule has 0 radical (unpaired) electrons. The summed E-state index contributed by atoms with van der Waals surface area (Å²) >= 11 is 0. The summed E-state index contributed by atoms with van der Waals surface area (Å²) in [6, 6.07) is 8.99. The Labute approximate surface area is 110 Å². The lowest BCUT2D eigenvalue weighted by atomic mass is 9.97. The summed E-state index contributed by atoms with van der Waals surface area (Å²) in [7, 11) is 2.30. The molecule has 2 fully saturated rings. The molecule has 0 saturated carbocycles. The van der Waals surface area contributed by atoms with Crippen molar-refractivity contribution in [1.29, 1.82) is 0 Å². The Morgan fingerprint density at radius 3 is 2.44 bits per heavy atom. The van der Waals surface area contributed by atoms with Crippen LogP contribution in [0.5, 0.6) is 0 Å². The molecule has 0 aliphatic carbocycles. The summed E-state index contributed by atoms with van der Waals surface area (Å²) < 4.78 is 0. The predicted octanol–water partition coefficient (Wildman–Crippen LogP) is 3.34. The third-order valence-corrected chi connectivity index (χ3v) is 4.85. The van der Waals surface area contributed by atoms with E-state index in [2.05, 4.69) is 49.3 Å². The normalized spacial score (nSPS) is 31.6. The van der Waals surface area contributed by atoms with E-state index in [1.165, 1.54) is 42.5 Å². The van der Waals surface area contributed by atoms with E-state index in [1.54, 1.807) is 0 Å². The summed E-state index contributed by atoms with van der Waals surface area (Å²) in [4.78, 5) is 2.60. The minimum atomic E-state index is 0.666. The van der Waals surface area contributed by atoms with Crippen LogP contribution in [-0.2, 0) is 0 Å². The van der Waals surface area contributed by atoms with Crippen molar-refractivity contribution < 1.29 is 0 Å². The first kappa shape index (κ1) is 12.0. The van der Waals surface area contributed by atoms with Gasteiger partial charge in [-0.3, -0.25) is 0 Å². The monoisotopic (exact) mass is 244 g/mol. The SMILES string of the molecule is Cc1ccc(C)c(NC2CC3CCC(C2)N3C)c1. The second kappa shape index (κ2) is 4.58. The molecule has 1 aromatic rings. The van der Waals surface area contributed by atoms with E-state index in [1.807, 2.05) is 0 Å². The Balaban J connectivity index is 1.72. The number of rotatable bonds is 2. The van der Waals surface area contributed by atoms with Gasteiger partial charge in [0.25, 0.3) is 0 Å². The summed E-state index contributed by atoms with van der Waals surface area (Å²) in [5.41, 5.74) is 4.05. The van der Waals surface area contributed by atoms with Gasteiger partial charge in [0.05, 0.1) is 0 Å². The number of hydrogen-bond acceptors (Lipinski definition) is 2. The molecule has 18 heavy (non-hydrogen) atoms. The zero-order valence-corrected chi connectivity index (χ0v) is 11.7. The Bertz CT molecular complexity index is 427. The number of aryl methyl sites for hydroxylation is 2. The van der Waals surface area contributed by atoms with Crippen molar-refractivity contribution in [2.45, 2.75) is 57.7 Å². The highest BCUT2D eigenvalue weighted by molar-refractivity contribution is 5.53. The van der Waals surface area contributed by atoms with Gasteiger partial charge in [0.15, 0.2) is 0 Å². The van der Waals surface area contributed by atoms with Gasteiger partial charge in [-0.15, -0.1) is 0 Å². The number of piperidine rings is 1. The Morgan fingerprint density at radius 2 is 1.78 bits per heavy atom. The molecule has 1 N–H and O–H groups in total. The lowest BCUT2D eigenvalue weighted by molar-refractivity contribution is 0.169. The fraction of sp³-hybridized carbons (Fsp3) is 0.625. The fourth-order valence-electron chi connectivity index (χ4n) is 3.64. The molecule has 2 heteroatoms. The molecule has 0 spiro atoms. The second-order valence-electron chi connectivity index (χ2n) is 6.18. The Morgan fingerprint density at radius 1 is 1.11 bits per heavy atom. The lowest BCUT2D eigenvalue weighted by Gasteiger charge is -2.37. The average molecular weight is 244 g/mol. The molecule has 2 bridgehead atoms. The topological polar surface area (TPSA) is 15.3 Å². The number of hydrogen-bond donors (Lipinski definition) is 1. The molecule has 2 aliphatic heterocycles. The van der Waals surface area contributed by atoms with Crippen LogP contribution < -0.4 is 5.32 Å². The highest BCUT2D eigenvalue weighted by atomic mass is 15.2. The second-order valence-corrected chi connectivity index (χ2v) is 6.18. The first-order chi connectivity index (χ1) is 8.63. The molecular formula is C16H24N2. The molecule has 2 heterocycles. The van der Waals surface area contributed by atoms with E-state index in [-0.39, 0.29) is 0 Å².